The van der Waals surface area contributed by atoms with Gasteiger partial charge in [-0.2, -0.15) is 0 Å². The summed E-state index contributed by atoms with van der Waals surface area (Å²) in [6.45, 7) is 3.99. The molecule has 0 radical (unpaired) electrons. The third kappa shape index (κ3) is 5.18. The van der Waals surface area contributed by atoms with Crippen LogP contribution < -0.4 is 15.7 Å². The van der Waals surface area contributed by atoms with Crippen LogP contribution in [0.4, 0.5) is 5.69 Å². The predicted octanol–water partition coefficient (Wildman–Crippen LogP) is 2.99. The van der Waals surface area contributed by atoms with Gasteiger partial charge in [0.05, 0.1) is 13.2 Å². The Morgan fingerprint density at radius 2 is 1.56 bits per heavy atom. The summed E-state index contributed by atoms with van der Waals surface area (Å²) in [6, 6.07) is 17.1. The average molecular weight is 456 g/mol. The Bertz CT molecular complexity index is 1010. The van der Waals surface area contributed by atoms with Gasteiger partial charge >= 0.3 is 0 Å². The second-order valence-corrected chi connectivity index (χ2v) is 12.1. The lowest BCUT2D eigenvalue weighted by atomic mass is 9.91. The van der Waals surface area contributed by atoms with Gasteiger partial charge in [-0.3, -0.25) is 15.3 Å². The number of amides is 1. The first kappa shape index (κ1) is 22.9. The largest absolute Gasteiger partial charge is 0.378 e. The molecule has 0 unspecified atom stereocenters. The molecule has 0 saturated carbocycles. The summed E-state index contributed by atoms with van der Waals surface area (Å²) in [5, 5.41) is 12.7. The fraction of sp³-hybridized carbons (Fsp3) is 0.400. The van der Waals surface area contributed by atoms with E-state index in [1.54, 1.807) is 0 Å². The molecule has 3 N–H and O–H groups in total. The summed E-state index contributed by atoms with van der Waals surface area (Å²) in [4.78, 5) is 14.8. The minimum atomic E-state index is -1.14. The van der Waals surface area contributed by atoms with E-state index in [1.807, 2.05) is 5.48 Å². The first-order valence-corrected chi connectivity index (χ1v) is 13.4. The summed E-state index contributed by atoms with van der Waals surface area (Å²) >= 11 is 0. The zero-order valence-corrected chi connectivity index (χ0v) is 19.3. The summed E-state index contributed by atoms with van der Waals surface area (Å²) < 4.78 is 5.43. The summed E-state index contributed by atoms with van der Waals surface area (Å²) in [6.07, 6.45) is 1.27. The van der Waals surface area contributed by atoms with E-state index in [-0.39, 0.29) is 5.91 Å². The molecule has 32 heavy (non-hydrogen) atoms. The molecule has 0 aromatic heterocycles. The molecule has 0 aliphatic carbocycles. The van der Waals surface area contributed by atoms with Gasteiger partial charge in [-0.25, -0.2) is 14.7 Å². The molecule has 6 nitrogen and oxygen atoms in total. The van der Waals surface area contributed by atoms with Crippen molar-refractivity contribution >= 4 is 32.5 Å². The Kier molecular flexibility index (Phi) is 6.90. The highest BCUT2D eigenvalue weighted by Gasteiger charge is 2.40. The molecule has 172 valence electrons. The lowest BCUT2D eigenvalue weighted by Gasteiger charge is -2.39. The number of hydroxylamine groups is 1. The molecular weight excluding hydrogens is 422 g/mol. The van der Waals surface area contributed by atoms with Gasteiger partial charge in [0.25, 0.3) is 5.91 Å². The van der Waals surface area contributed by atoms with E-state index in [0.717, 1.165) is 48.9 Å². The highest BCUT2D eigenvalue weighted by molar-refractivity contribution is 8.27. The zero-order chi connectivity index (χ0) is 22.6. The Balaban J connectivity index is 1.40. The Morgan fingerprint density at radius 1 is 1.00 bits per heavy atom. The van der Waals surface area contributed by atoms with Crippen LogP contribution in [0.5, 0.6) is 0 Å². The number of rotatable bonds is 6. The van der Waals surface area contributed by atoms with Crippen LogP contribution in [0, 0.1) is 0 Å². The number of benzene rings is 2. The normalized spacial score (nSPS) is 20.0. The fourth-order valence-electron chi connectivity index (χ4n) is 4.37. The van der Waals surface area contributed by atoms with Crippen LogP contribution in [0.1, 0.15) is 18.4 Å². The Morgan fingerprint density at radius 3 is 2.12 bits per heavy atom. The number of carbonyl (C=O) groups excluding carboxylic acids is 1. The van der Waals surface area contributed by atoms with Crippen molar-refractivity contribution in [3.05, 3.63) is 54.1 Å². The highest BCUT2D eigenvalue weighted by Crippen LogP contribution is 2.35. The molecule has 2 aromatic carbocycles. The molecule has 2 aliphatic heterocycles. The molecule has 0 bridgehead atoms. The topological polar surface area (TPSA) is 73.8 Å². The minimum absolute atomic E-state index is 0.371. The van der Waals surface area contributed by atoms with Gasteiger partial charge < -0.3 is 9.64 Å². The predicted molar refractivity (Wildman–Crippen MR) is 135 cm³/mol. The van der Waals surface area contributed by atoms with E-state index >= 15 is 0 Å². The molecule has 4 rings (SSSR count). The van der Waals surface area contributed by atoms with Gasteiger partial charge in [0.15, 0.2) is 0 Å². The standard InChI is InChI=1S/C25H33N3O3S/c1-32(2)17-11-25(12-18-32,24(29)27-30)26-19-20-3-5-21(6-4-20)22-7-9-23(10-8-22)28-13-15-31-16-14-28/h3-10,26,30H,1-2,11-19H2,(H,27,29). The average Bonchev–Trinajstić information content (AvgIpc) is 2.84. The van der Waals surface area contributed by atoms with E-state index < -0.39 is 14.7 Å². The van der Waals surface area contributed by atoms with Gasteiger partial charge in [0.1, 0.15) is 5.54 Å². The van der Waals surface area contributed by atoms with Crippen molar-refractivity contribution in [2.75, 3.05) is 42.7 Å². The van der Waals surface area contributed by atoms with Crippen LogP contribution in [0.2, 0.25) is 0 Å². The summed E-state index contributed by atoms with van der Waals surface area (Å²) in [5.41, 5.74) is 5.74. The fourth-order valence-corrected chi connectivity index (χ4v) is 6.14. The molecule has 7 heteroatoms. The molecule has 2 heterocycles. The maximum atomic E-state index is 12.4. The number of nitrogens with one attached hydrogen (secondary N) is 2. The molecule has 2 saturated heterocycles. The van der Waals surface area contributed by atoms with Crippen molar-refractivity contribution in [3.63, 3.8) is 0 Å². The number of morpholine rings is 1. The maximum Gasteiger partial charge on any atom is 0.263 e. The second kappa shape index (κ2) is 9.67. The molecular formula is C25H33N3O3S. The number of hydrogen-bond acceptors (Lipinski definition) is 5. The van der Waals surface area contributed by atoms with Crippen molar-refractivity contribution in [1.29, 1.82) is 0 Å². The van der Waals surface area contributed by atoms with Crippen molar-refractivity contribution in [2.24, 2.45) is 0 Å². The quantitative estimate of drug-likeness (QED) is 0.355. The van der Waals surface area contributed by atoms with Crippen LogP contribution in [0.15, 0.2) is 48.5 Å². The monoisotopic (exact) mass is 455 g/mol. The van der Waals surface area contributed by atoms with Crippen molar-refractivity contribution < 1.29 is 14.7 Å². The van der Waals surface area contributed by atoms with Crippen LogP contribution in [-0.4, -0.2) is 66.2 Å². The van der Waals surface area contributed by atoms with E-state index in [0.29, 0.717) is 19.4 Å². The molecule has 2 fully saturated rings. The minimum Gasteiger partial charge on any atom is -0.378 e. The van der Waals surface area contributed by atoms with E-state index in [9.17, 15) is 10.0 Å². The molecule has 2 aromatic rings. The molecule has 1 amide bonds. The van der Waals surface area contributed by atoms with Gasteiger partial charge in [-0.05, 0) is 53.2 Å². The number of carbonyl (C=O) groups is 1. The van der Waals surface area contributed by atoms with Crippen LogP contribution in [0.25, 0.3) is 11.1 Å². The summed E-state index contributed by atoms with van der Waals surface area (Å²) in [5.74, 6) is 9.68. The van der Waals surface area contributed by atoms with Crippen molar-refractivity contribution in [3.8, 4) is 11.1 Å². The zero-order valence-electron chi connectivity index (χ0n) is 18.5. The third-order valence-corrected chi connectivity index (χ3v) is 8.76. The van der Waals surface area contributed by atoms with E-state index in [4.69, 9.17) is 4.74 Å². The van der Waals surface area contributed by atoms with E-state index in [2.05, 4.69) is 70.5 Å². The van der Waals surface area contributed by atoms with Crippen molar-refractivity contribution in [2.45, 2.75) is 24.9 Å². The number of nitrogens with zero attached hydrogens (tertiary/aromatic N) is 1. The van der Waals surface area contributed by atoms with Gasteiger partial charge in [0.2, 0.25) is 0 Å². The number of hydrogen-bond donors (Lipinski definition) is 3. The smallest absolute Gasteiger partial charge is 0.263 e. The maximum absolute atomic E-state index is 12.4. The summed E-state index contributed by atoms with van der Waals surface area (Å²) in [7, 11) is -1.14. The lowest BCUT2D eigenvalue weighted by Crippen LogP contribution is -2.58. The van der Waals surface area contributed by atoms with Crippen molar-refractivity contribution in [1.82, 2.24) is 10.8 Å². The van der Waals surface area contributed by atoms with Gasteiger partial charge in [-0.15, -0.1) is 0 Å². The molecule has 2 aliphatic rings. The van der Waals surface area contributed by atoms with Gasteiger partial charge in [-0.1, -0.05) is 48.1 Å². The SMILES string of the molecule is C=S1(=C)CCC(NCc2ccc(-c3ccc(N4CCOCC4)cc3)cc2)(C(=O)NO)CC1. The highest BCUT2D eigenvalue weighted by atomic mass is 32.2. The first-order chi connectivity index (χ1) is 15.4. The van der Waals surface area contributed by atoms with E-state index in [1.165, 1.54) is 11.3 Å². The van der Waals surface area contributed by atoms with Crippen LogP contribution in [0.3, 0.4) is 0 Å². The number of anilines is 1. The van der Waals surface area contributed by atoms with Crippen LogP contribution in [-0.2, 0) is 16.1 Å². The second-order valence-electron chi connectivity index (χ2n) is 8.85. The molecule has 0 atom stereocenters. The third-order valence-electron chi connectivity index (χ3n) is 6.62. The number of ether oxygens (including phenoxy) is 1. The Hall–Kier alpha value is -2.32. The molecule has 0 spiro atoms. The van der Waals surface area contributed by atoms with Gasteiger partial charge in [0, 0.05) is 25.3 Å². The van der Waals surface area contributed by atoms with Crippen LogP contribution >= 0.6 is 9.21 Å². The lowest BCUT2D eigenvalue weighted by molar-refractivity contribution is -0.136. The first-order valence-electron chi connectivity index (χ1n) is 11.1. The Labute approximate surface area is 191 Å².